The van der Waals surface area contributed by atoms with Gasteiger partial charge in [0.1, 0.15) is 5.60 Å². The predicted octanol–water partition coefficient (Wildman–Crippen LogP) is 1.32. The molecule has 4 aliphatic rings. The van der Waals surface area contributed by atoms with Gasteiger partial charge in [0.05, 0.1) is 12.2 Å². The van der Waals surface area contributed by atoms with Crippen molar-refractivity contribution in [3.8, 4) is 0 Å². The number of aliphatic hydroxyl groups is 3. The summed E-state index contributed by atoms with van der Waals surface area (Å²) in [5, 5.41) is 33.7. The Kier molecular flexibility index (Phi) is 5.03. The summed E-state index contributed by atoms with van der Waals surface area (Å²) in [5.74, 6) is -1.35. The predicted molar refractivity (Wildman–Crippen MR) is 106 cm³/mol. The Labute approximate surface area is 176 Å². The SMILES string of the molecule is CC(=O)OCC(=O)[C@]1(O)CC[C@@H]2[C@H]3C[C@H](O)C4=CC(=O)CC[C@]4(C)[C@@H]3[C@H](O)C[C@@]21C. The lowest BCUT2D eigenvalue weighted by Crippen LogP contribution is -2.63. The number of fused-ring (bicyclic) bond motifs is 5. The first-order chi connectivity index (χ1) is 13.9. The molecule has 0 aromatic carbocycles. The number of carbonyl (C=O) groups excluding carboxylic acids is 3. The number of esters is 1. The van der Waals surface area contributed by atoms with Crippen molar-refractivity contribution in [3.63, 3.8) is 0 Å². The maximum absolute atomic E-state index is 12.9. The minimum absolute atomic E-state index is 0.0152. The minimum atomic E-state index is -1.68. The van der Waals surface area contributed by atoms with Crippen molar-refractivity contribution < 1.29 is 34.4 Å². The standard InChI is InChI=1S/C23H32O7/c1-12(24)30-11-19(28)23(29)7-5-15-14-9-17(26)16-8-13(25)4-6-21(16,2)20(14)18(27)10-22(15,23)3/h8,14-15,17-18,20,26-27,29H,4-7,9-11H2,1-3H3/t14-,15-,17+,18-,20+,21+,22+,23-/m1/s1. The fourth-order valence-corrected chi connectivity index (χ4v) is 7.49. The number of ketones is 2. The molecular formula is C23H32O7. The van der Waals surface area contributed by atoms with E-state index >= 15 is 0 Å². The van der Waals surface area contributed by atoms with Crippen LogP contribution >= 0.6 is 0 Å². The van der Waals surface area contributed by atoms with E-state index in [1.54, 1.807) is 6.08 Å². The average Bonchev–Trinajstić information content (AvgIpc) is 2.93. The first kappa shape index (κ1) is 21.7. The Bertz CT molecular complexity index is 818. The summed E-state index contributed by atoms with van der Waals surface area (Å²) in [6.07, 6.45) is 2.54. The quantitative estimate of drug-likeness (QED) is 0.589. The van der Waals surface area contributed by atoms with Crippen molar-refractivity contribution in [1.29, 1.82) is 0 Å². The van der Waals surface area contributed by atoms with Crippen molar-refractivity contribution in [2.45, 2.75) is 77.1 Å². The molecule has 7 heteroatoms. The molecule has 4 rings (SSSR count). The summed E-state index contributed by atoms with van der Waals surface area (Å²) in [4.78, 5) is 36.0. The maximum atomic E-state index is 12.9. The van der Waals surface area contributed by atoms with Gasteiger partial charge in [0.15, 0.2) is 12.4 Å². The number of Topliss-reactive ketones (excluding diaryl/α,β-unsaturated/α-hetero) is 1. The van der Waals surface area contributed by atoms with Crippen LogP contribution in [-0.2, 0) is 19.1 Å². The monoisotopic (exact) mass is 420 g/mol. The minimum Gasteiger partial charge on any atom is -0.458 e. The van der Waals surface area contributed by atoms with Gasteiger partial charge in [0.2, 0.25) is 5.78 Å². The van der Waals surface area contributed by atoms with Crippen LogP contribution < -0.4 is 0 Å². The number of aliphatic hydroxyl groups excluding tert-OH is 2. The Morgan fingerprint density at radius 3 is 2.60 bits per heavy atom. The van der Waals surface area contributed by atoms with Crippen LogP contribution in [0.15, 0.2) is 11.6 Å². The molecule has 3 saturated carbocycles. The summed E-state index contributed by atoms with van der Waals surface area (Å²) in [6, 6.07) is 0. The van der Waals surface area contributed by atoms with Crippen molar-refractivity contribution in [1.82, 2.24) is 0 Å². The van der Waals surface area contributed by atoms with Crippen LogP contribution in [0.2, 0.25) is 0 Å². The first-order valence-corrected chi connectivity index (χ1v) is 10.9. The van der Waals surface area contributed by atoms with Crippen molar-refractivity contribution in [2.75, 3.05) is 6.61 Å². The number of hydrogen-bond acceptors (Lipinski definition) is 7. The fraction of sp³-hybridized carbons (Fsp3) is 0.783. The smallest absolute Gasteiger partial charge is 0.303 e. The molecule has 3 fully saturated rings. The van der Waals surface area contributed by atoms with E-state index in [-0.39, 0.29) is 36.4 Å². The van der Waals surface area contributed by atoms with Gasteiger partial charge in [-0.05, 0) is 66.9 Å². The lowest BCUT2D eigenvalue weighted by atomic mass is 9.45. The number of ether oxygens (including phenoxy) is 1. The molecule has 3 N–H and O–H groups in total. The molecule has 0 aliphatic heterocycles. The van der Waals surface area contributed by atoms with Crippen LogP contribution in [0.4, 0.5) is 0 Å². The van der Waals surface area contributed by atoms with Gasteiger partial charge in [-0.2, -0.15) is 0 Å². The molecule has 0 amide bonds. The van der Waals surface area contributed by atoms with Gasteiger partial charge in [-0.15, -0.1) is 0 Å². The molecule has 0 unspecified atom stereocenters. The number of hydrogen-bond donors (Lipinski definition) is 3. The van der Waals surface area contributed by atoms with Crippen molar-refractivity contribution in [2.24, 2.45) is 28.6 Å². The molecular weight excluding hydrogens is 388 g/mol. The molecule has 0 spiro atoms. The highest BCUT2D eigenvalue weighted by Crippen LogP contribution is 2.67. The number of rotatable bonds is 3. The zero-order valence-corrected chi connectivity index (χ0v) is 17.9. The summed E-state index contributed by atoms with van der Waals surface area (Å²) < 4.78 is 4.86. The summed E-state index contributed by atoms with van der Waals surface area (Å²) >= 11 is 0. The molecule has 0 aromatic rings. The van der Waals surface area contributed by atoms with E-state index < -0.39 is 47.0 Å². The molecule has 166 valence electrons. The Morgan fingerprint density at radius 1 is 1.23 bits per heavy atom. The van der Waals surface area contributed by atoms with E-state index in [2.05, 4.69) is 0 Å². The van der Waals surface area contributed by atoms with Crippen LogP contribution in [0.1, 0.15) is 59.3 Å². The van der Waals surface area contributed by atoms with Crippen molar-refractivity contribution in [3.05, 3.63) is 11.6 Å². The first-order valence-electron chi connectivity index (χ1n) is 10.9. The average molecular weight is 421 g/mol. The molecule has 0 heterocycles. The van der Waals surface area contributed by atoms with Gasteiger partial charge in [-0.25, -0.2) is 0 Å². The molecule has 30 heavy (non-hydrogen) atoms. The molecule has 0 radical (unpaired) electrons. The molecule has 8 atom stereocenters. The van der Waals surface area contributed by atoms with E-state index in [9.17, 15) is 29.7 Å². The Hall–Kier alpha value is -1.57. The van der Waals surface area contributed by atoms with Gasteiger partial charge in [-0.1, -0.05) is 13.8 Å². The van der Waals surface area contributed by atoms with Gasteiger partial charge in [-0.3, -0.25) is 14.4 Å². The summed E-state index contributed by atoms with van der Waals surface area (Å²) in [6.45, 7) is 4.62. The second kappa shape index (κ2) is 6.97. The van der Waals surface area contributed by atoms with Crippen LogP contribution in [-0.4, -0.2) is 57.3 Å². The molecule has 0 bridgehead atoms. The molecule has 4 aliphatic carbocycles. The molecule has 7 nitrogen and oxygen atoms in total. The van der Waals surface area contributed by atoms with E-state index in [4.69, 9.17) is 4.74 Å². The van der Waals surface area contributed by atoms with E-state index in [1.165, 1.54) is 6.92 Å². The normalized spacial score (nSPS) is 47.6. The second-order valence-electron chi connectivity index (χ2n) is 10.3. The molecule has 0 aromatic heterocycles. The maximum Gasteiger partial charge on any atom is 0.303 e. The Morgan fingerprint density at radius 2 is 1.93 bits per heavy atom. The van der Waals surface area contributed by atoms with E-state index in [1.807, 2.05) is 13.8 Å². The highest BCUT2D eigenvalue weighted by atomic mass is 16.5. The summed E-state index contributed by atoms with van der Waals surface area (Å²) in [5.41, 5.74) is -2.29. The van der Waals surface area contributed by atoms with E-state index in [0.29, 0.717) is 25.7 Å². The topological polar surface area (TPSA) is 121 Å². The van der Waals surface area contributed by atoms with E-state index in [0.717, 1.165) is 5.57 Å². The van der Waals surface area contributed by atoms with Crippen molar-refractivity contribution >= 4 is 17.5 Å². The van der Waals surface area contributed by atoms with Gasteiger partial charge in [0, 0.05) is 18.8 Å². The third-order valence-corrected chi connectivity index (χ3v) is 8.93. The Balaban J connectivity index is 1.69. The van der Waals surface area contributed by atoms with Crippen LogP contribution in [0.3, 0.4) is 0 Å². The fourth-order valence-electron chi connectivity index (χ4n) is 7.49. The van der Waals surface area contributed by atoms with Crippen LogP contribution in [0, 0.1) is 28.6 Å². The van der Waals surface area contributed by atoms with Crippen LogP contribution in [0.25, 0.3) is 0 Å². The van der Waals surface area contributed by atoms with Gasteiger partial charge >= 0.3 is 5.97 Å². The van der Waals surface area contributed by atoms with Gasteiger partial charge in [0.25, 0.3) is 0 Å². The third-order valence-electron chi connectivity index (χ3n) is 8.93. The lowest BCUT2D eigenvalue weighted by molar-refractivity contribution is -0.188. The number of carbonyl (C=O) groups is 3. The third kappa shape index (κ3) is 2.85. The highest BCUT2D eigenvalue weighted by Gasteiger charge is 2.69. The summed E-state index contributed by atoms with van der Waals surface area (Å²) in [7, 11) is 0. The zero-order chi connectivity index (χ0) is 22.1. The highest BCUT2D eigenvalue weighted by molar-refractivity contribution is 5.92. The van der Waals surface area contributed by atoms with Gasteiger partial charge < -0.3 is 20.1 Å². The lowest BCUT2D eigenvalue weighted by Gasteiger charge is -2.61. The second-order valence-corrected chi connectivity index (χ2v) is 10.3. The van der Waals surface area contributed by atoms with Crippen LogP contribution in [0.5, 0.6) is 0 Å². The zero-order valence-electron chi connectivity index (χ0n) is 17.9. The molecule has 0 saturated heterocycles. The largest absolute Gasteiger partial charge is 0.458 e.